The van der Waals surface area contributed by atoms with Gasteiger partial charge in [-0.2, -0.15) is 0 Å². The van der Waals surface area contributed by atoms with Crippen LogP contribution in [0.4, 0.5) is 0 Å². The van der Waals surface area contributed by atoms with Crippen molar-refractivity contribution in [3.63, 3.8) is 0 Å². The summed E-state index contributed by atoms with van der Waals surface area (Å²) in [4.78, 5) is 0. The van der Waals surface area contributed by atoms with Crippen molar-refractivity contribution >= 4 is 32.3 Å². The normalized spacial score (nSPS) is 11.7. The summed E-state index contributed by atoms with van der Waals surface area (Å²) in [5.41, 5.74) is 0. The second-order valence-corrected chi connectivity index (χ2v) is 29.7. The molecule has 96 heavy (non-hydrogen) atoms. The number of unbranched alkanes of at least 4 members (excludes halogenated alkanes) is 54. The Hall–Kier alpha value is -3.54. The molecule has 0 fully saturated rings. The SMILES string of the molecule is CCCCCCCCCCCCOc1cc2c3cc(OCCCCCCCCCCCC)c(OCCCCCCCCCCCC)cc3c3cc(OCCCCCCCCCCCC)c(OCCCCCCCCCCCC)cc3c2cc1OCCCCCCCCCCCC. The maximum Gasteiger partial charge on any atom is 0.161 e. The third-order valence-corrected chi connectivity index (χ3v) is 20.7. The fourth-order valence-electron chi connectivity index (χ4n) is 14.3. The maximum absolute atomic E-state index is 6.99. The molecule has 0 atom stereocenters. The average molecular weight is 1330 g/mol. The van der Waals surface area contributed by atoms with Gasteiger partial charge in [-0.15, -0.1) is 0 Å². The molecule has 0 heterocycles. The Balaban J connectivity index is 1.78. The molecule has 0 aromatic heterocycles. The number of benzene rings is 4. The van der Waals surface area contributed by atoms with E-state index in [1.165, 1.54) is 347 Å². The molecule has 0 amide bonds. The predicted molar refractivity (Wildman–Crippen MR) is 423 cm³/mol. The zero-order valence-corrected chi connectivity index (χ0v) is 64.6. The standard InChI is InChI=1S/C90H156O6/c1-7-13-19-25-31-37-43-49-55-61-67-91-85-73-79-80(74-86(85)92-68-62-56-50-44-38-32-26-20-14-8-2)82-76-88(94-70-64-58-52-46-40-34-28-22-16-10-4)90(96-72-66-60-54-48-42-36-30-24-18-12-6)78-84(82)83-77-89(95-71-65-59-53-47-41-35-29-23-17-11-5)87(75-81(79)83)93-69-63-57-51-45-39-33-27-21-15-9-3/h73-78H,7-72H2,1-6H3. The molecule has 4 rings (SSSR count). The molecule has 0 N–H and O–H groups in total. The summed E-state index contributed by atoms with van der Waals surface area (Å²) >= 11 is 0. The van der Waals surface area contributed by atoms with Crippen LogP contribution in [0.2, 0.25) is 0 Å². The fraction of sp³-hybridized carbons (Fsp3) is 0.800. The topological polar surface area (TPSA) is 55.4 Å². The van der Waals surface area contributed by atoms with Gasteiger partial charge in [0.15, 0.2) is 34.5 Å². The van der Waals surface area contributed by atoms with Crippen LogP contribution in [-0.2, 0) is 0 Å². The molecule has 0 unspecified atom stereocenters. The highest BCUT2D eigenvalue weighted by Crippen LogP contribution is 2.48. The van der Waals surface area contributed by atoms with Crippen LogP contribution in [0, 0.1) is 0 Å². The van der Waals surface area contributed by atoms with E-state index in [1.807, 2.05) is 0 Å². The first-order valence-corrected chi connectivity index (χ1v) is 42.9. The lowest BCUT2D eigenvalue weighted by molar-refractivity contribution is 0.258. The Bertz CT molecular complexity index is 1940. The quantitative estimate of drug-likeness (QED) is 0.0324. The summed E-state index contributed by atoms with van der Waals surface area (Å²) in [6, 6.07) is 14.0. The summed E-state index contributed by atoms with van der Waals surface area (Å²) < 4.78 is 42.0. The Morgan fingerprint density at radius 1 is 0.135 bits per heavy atom. The van der Waals surface area contributed by atoms with Gasteiger partial charge in [-0.3, -0.25) is 0 Å². The molecule has 6 nitrogen and oxygen atoms in total. The Labute approximate surface area is 594 Å². The predicted octanol–water partition coefficient (Wildman–Crippen LogP) is 30.9. The van der Waals surface area contributed by atoms with Crippen LogP contribution in [0.5, 0.6) is 34.5 Å². The highest BCUT2D eigenvalue weighted by molar-refractivity contribution is 6.26. The van der Waals surface area contributed by atoms with Gasteiger partial charge >= 0.3 is 0 Å². The lowest BCUT2D eigenvalue weighted by atomic mass is 9.93. The highest BCUT2D eigenvalue weighted by atomic mass is 16.5. The summed E-state index contributed by atoms with van der Waals surface area (Å²) in [6.07, 6.45) is 78.0. The van der Waals surface area contributed by atoms with Crippen molar-refractivity contribution in [3.05, 3.63) is 36.4 Å². The summed E-state index contributed by atoms with van der Waals surface area (Å²) in [6.45, 7) is 18.0. The molecule has 4 aromatic carbocycles. The van der Waals surface area contributed by atoms with Crippen LogP contribution in [0.1, 0.15) is 427 Å². The largest absolute Gasteiger partial charge is 0.490 e. The van der Waals surface area contributed by atoms with Crippen molar-refractivity contribution in [1.29, 1.82) is 0 Å². The van der Waals surface area contributed by atoms with Gasteiger partial charge in [0, 0.05) is 0 Å². The molecular weight excluding hydrogens is 1180 g/mol. The molecule has 0 saturated heterocycles. The minimum absolute atomic E-state index is 0.684. The number of hydrogen-bond acceptors (Lipinski definition) is 6. The minimum Gasteiger partial charge on any atom is -0.490 e. The van der Waals surface area contributed by atoms with Gasteiger partial charge in [0.25, 0.3) is 0 Å². The Kier molecular flexibility index (Phi) is 54.2. The maximum atomic E-state index is 6.99. The van der Waals surface area contributed by atoms with Crippen LogP contribution in [0.25, 0.3) is 32.3 Å². The molecule has 0 spiro atoms. The molecular formula is C90H156O6. The molecule has 0 saturated carbocycles. The average Bonchev–Trinajstić information content (AvgIpc) is 0.729. The summed E-state index contributed by atoms with van der Waals surface area (Å²) in [5.74, 6) is 5.13. The number of fused-ring (bicyclic) bond motifs is 6. The molecule has 552 valence electrons. The van der Waals surface area contributed by atoms with E-state index in [2.05, 4.69) is 77.9 Å². The number of hydrogen-bond donors (Lipinski definition) is 0. The first kappa shape index (κ1) is 84.9. The van der Waals surface area contributed by atoms with Gasteiger partial charge in [-0.25, -0.2) is 0 Å². The van der Waals surface area contributed by atoms with Gasteiger partial charge in [0.05, 0.1) is 39.6 Å². The van der Waals surface area contributed by atoms with Gasteiger partial charge in [-0.1, -0.05) is 388 Å². The monoisotopic (exact) mass is 1330 g/mol. The van der Waals surface area contributed by atoms with Crippen LogP contribution in [0.15, 0.2) is 36.4 Å². The van der Waals surface area contributed by atoms with Crippen LogP contribution < -0.4 is 28.4 Å². The molecule has 0 radical (unpaired) electrons. The van der Waals surface area contributed by atoms with Crippen molar-refractivity contribution in [1.82, 2.24) is 0 Å². The smallest absolute Gasteiger partial charge is 0.161 e. The van der Waals surface area contributed by atoms with E-state index in [4.69, 9.17) is 28.4 Å². The molecule has 0 aliphatic rings. The molecule has 0 bridgehead atoms. The van der Waals surface area contributed by atoms with E-state index in [0.29, 0.717) is 39.6 Å². The highest BCUT2D eigenvalue weighted by Gasteiger charge is 2.21. The number of rotatable bonds is 72. The van der Waals surface area contributed by atoms with Crippen LogP contribution >= 0.6 is 0 Å². The molecule has 0 aliphatic heterocycles. The van der Waals surface area contributed by atoms with Crippen molar-refractivity contribution in [2.45, 2.75) is 427 Å². The van der Waals surface area contributed by atoms with Gasteiger partial charge in [0.1, 0.15) is 0 Å². The third kappa shape index (κ3) is 40.0. The number of ether oxygens (including phenoxy) is 6. The molecule has 6 heteroatoms. The van der Waals surface area contributed by atoms with Gasteiger partial charge in [0.2, 0.25) is 0 Å². The summed E-state index contributed by atoms with van der Waals surface area (Å²) in [5, 5.41) is 6.95. The van der Waals surface area contributed by atoms with Crippen molar-refractivity contribution in [3.8, 4) is 34.5 Å². The van der Waals surface area contributed by atoms with E-state index in [-0.39, 0.29) is 0 Å². The Morgan fingerprint density at radius 3 is 0.333 bits per heavy atom. The first-order chi connectivity index (χ1) is 47.6. The zero-order valence-electron chi connectivity index (χ0n) is 64.6. The lowest BCUT2D eigenvalue weighted by Crippen LogP contribution is -2.05. The second kappa shape index (κ2) is 61.3. The van der Waals surface area contributed by atoms with Gasteiger partial charge < -0.3 is 28.4 Å². The minimum atomic E-state index is 0.684. The first-order valence-electron chi connectivity index (χ1n) is 42.9. The van der Waals surface area contributed by atoms with Crippen molar-refractivity contribution in [2.75, 3.05) is 39.6 Å². The fourth-order valence-corrected chi connectivity index (χ4v) is 14.3. The van der Waals surface area contributed by atoms with E-state index in [9.17, 15) is 0 Å². The second-order valence-electron chi connectivity index (χ2n) is 29.7. The summed E-state index contributed by atoms with van der Waals surface area (Å²) in [7, 11) is 0. The van der Waals surface area contributed by atoms with E-state index < -0.39 is 0 Å². The van der Waals surface area contributed by atoms with Crippen LogP contribution in [0.3, 0.4) is 0 Å². The Morgan fingerprint density at radius 2 is 0.229 bits per heavy atom. The lowest BCUT2D eigenvalue weighted by Gasteiger charge is -2.21. The van der Waals surface area contributed by atoms with Crippen LogP contribution in [-0.4, -0.2) is 39.6 Å². The van der Waals surface area contributed by atoms with E-state index >= 15 is 0 Å². The van der Waals surface area contributed by atoms with Crippen molar-refractivity contribution in [2.24, 2.45) is 0 Å². The third-order valence-electron chi connectivity index (χ3n) is 20.7. The molecule has 4 aromatic rings. The van der Waals surface area contributed by atoms with Crippen molar-refractivity contribution < 1.29 is 28.4 Å². The van der Waals surface area contributed by atoms with E-state index in [0.717, 1.165) is 105 Å². The zero-order chi connectivity index (χ0) is 68.1. The van der Waals surface area contributed by atoms with Gasteiger partial charge in [-0.05, 0) is 107 Å². The van der Waals surface area contributed by atoms with E-state index in [1.54, 1.807) is 0 Å². The molecule has 0 aliphatic carbocycles.